The van der Waals surface area contributed by atoms with Gasteiger partial charge in [-0.2, -0.15) is 18.3 Å². The van der Waals surface area contributed by atoms with Gasteiger partial charge in [-0.15, -0.1) is 0 Å². The van der Waals surface area contributed by atoms with Crippen molar-refractivity contribution in [3.63, 3.8) is 0 Å². The van der Waals surface area contributed by atoms with Crippen LogP contribution < -0.4 is 0 Å². The molecule has 0 saturated heterocycles. The van der Waals surface area contributed by atoms with E-state index in [-0.39, 0.29) is 5.82 Å². The second kappa shape index (κ2) is 4.48. The topological polar surface area (TPSA) is 30.7 Å². The number of alkyl halides is 3. The van der Waals surface area contributed by atoms with E-state index in [9.17, 15) is 13.2 Å². The van der Waals surface area contributed by atoms with Gasteiger partial charge in [0, 0.05) is 10.0 Å². The highest BCUT2D eigenvalue weighted by atomic mass is 79.9. The zero-order chi connectivity index (χ0) is 12.5. The highest BCUT2D eigenvalue weighted by molar-refractivity contribution is 9.10. The standard InChI is InChI=1S/C10H7BrF3N3/c11-8-3-1-7(2-4-8)9-15-6-16-17(9)5-10(12,13)14/h1-4,6H,5H2. The second-order valence-electron chi connectivity index (χ2n) is 3.36. The average molecular weight is 306 g/mol. The summed E-state index contributed by atoms with van der Waals surface area (Å²) in [6.45, 7) is -1.14. The smallest absolute Gasteiger partial charge is 0.237 e. The van der Waals surface area contributed by atoms with E-state index in [0.717, 1.165) is 15.5 Å². The number of hydrogen-bond donors (Lipinski definition) is 0. The van der Waals surface area contributed by atoms with Crippen molar-refractivity contribution in [2.24, 2.45) is 0 Å². The molecular weight excluding hydrogens is 299 g/mol. The number of aromatic nitrogens is 3. The van der Waals surface area contributed by atoms with Gasteiger partial charge < -0.3 is 0 Å². The van der Waals surface area contributed by atoms with E-state index in [4.69, 9.17) is 0 Å². The molecule has 0 radical (unpaired) electrons. The summed E-state index contributed by atoms with van der Waals surface area (Å²) in [5.41, 5.74) is 0.593. The number of hydrogen-bond acceptors (Lipinski definition) is 2. The van der Waals surface area contributed by atoms with Crippen molar-refractivity contribution in [2.75, 3.05) is 0 Å². The predicted molar refractivity (Wildman–Crippen MR) is 59.2 cm³/mol. The Morgan fingerprint density at radius 1 is 1.18 bits per heavy atom. The van der Waals surface area contributed by atoms with Gasteiger partial charge in [0.2, 0.25) is 0 Å². The molecule has 1 aromatic carbocycles. The maximum atomic E-state index is 12.3. The first-order valence-electron chi connectivity index (χ1n) is 4.66. The van der Waals surface area contributed by atoms with Crippen LogP contribution >= 0.6 is 15.9 Å². The summed E-state index contributed by atoms with van der Waals surface area (Å²) in [5.74, 6) is 0.204. The number of rotatable bonds is 2. The molecule has 90 valence electrons. The molecule has 1 heterocycles. The van der Waals surface area contributed by atoms with E-state index >= 15 is 0 Å². The second-order valence-corrected chi connectivity index (χ2v) is 4.28. The molecule has 0 atom stereocenters. The van der Waals surface area contributed by atoms with E-state index in [2.05, 4.69) is 26.0 Å². The van der Waals surface area contributed by atoms with Crippen LogP contribution in [0.2, 0.25) is 0 Å². The third kappa shape index (κ3) is 3.06. The van der Waals surface area contributed by atoms with E-state index < -0.39 is 12.7 Å². The maximum Gasteiger partial charge on any atom is 0.408 e. The largest absolute Gasteiger partial charge is 0.408 e. The first-order valence-corrected chi connectivity index (χ1v) is 5.45. The molecule has 0 amide bonds. The summed E-state index contributed by atoms with van der Waals surface area (Å²) in [5, 5.41) is 3.57. The lowest BCUT2D eigenvalue weighted by Crippen LogP contribution is -2.19. The quantitative estimate of drug-likeness (QED) is 0.852. The summed E-state index contributed by atoms with van der Waals surface area (Å²) < 4.78 is 38.5. The molecule has 0 N–H and O–H groups in total. The molecule has 0 aliphatic carbocycles. The molecule has 0 aliphatic rings. The van der Waals surface area contributed by atoms with Crippen LogP contribution in [0.4, 0.5) is 13.2 Å². The molecule has 0 aliphatic heterocycles. The Kier molecular flexibility index (Phi) is 3.19. The molecule has 2 rings (SSSR count). The third-order valence-electron chi connectivity index (χ3n) is 2.05. The molecule has 17 heavy (non-hydrogen) atoms. The number of halogens is 4. The Bertz CT molecular complexity index is 504. The van der Waals surface area contributed by atoms with Crippen LogP contribution in [0.5, 0.6) is 0 Å². The fourth-order valence-electron chi connectivity index (χ4n) is 1.37. The molecule has 0 bridgehead atoms. The van der Waals surface area contributed by atoms with Crippen LogP contribution in [0.15, 0.2) is 35.1 Å². The average Bonchev–Trinajstić information content (AvgIpc) is 2.64. The van der Waals surface area contributed by atoms with Gasteiger partial charge in [0.05, 0.1) is 0 Å². The summed E-state index contributed by atoms with van der Waals surface area (Å²) in [7, 11) is 0. The van der Waals surface area contributed by atoms with Gasteiger partial charge in [0.1, 0.15) is 12.9 Å². The normalized spacial score (nSPS) is 11.8. The Labute approximate surface area is 103 Å². The molecule has 0 unspecified atom stereocenters. The fraction of sp³-hybridized carbons (Fsp3) is 0.200. The summed E-state index contributed by atoms with van der Waals surface area (Å²) in [6.07, 6.45) is -3.19. The SMILES string of the molecule is FC(F)(F)Cn1ncnc1-c1ccc(Br)cc1. The van der Waals surface area contributed by atoms with Crippen LogP contribution in [0.3, 0.4) is 0 Å². The lowest BCUT2D eigenvalue weighted by molar-refractivity contribution is -0.142. The van der Waals surface area contributed by atoms with Gasteiger partial charge in [-0.1, -0.05) is 28.1 Å². The van der Waals surface area contributed by atoms with Crippen LogP contribution in [0, 0.1) is 0 Å². The van der Waals surface area contributed by atoms with E-state index in [0.29, 0.717) is 5.56 Å². The Morgan fingerprint density at radius 3 is 2.41 bits per heavy atom. The number of benzene rings is 1. The minimum absolute atomic E-state index is 0.204. The lowest BCUT2D eigenvalue weighted by atomic mass is 10.2. The molecule has 2 aromatic rings. The third-order valence-corrected chi connectivity index (χ3v) is 2.58. The minimum atomic E-state index is -4.31. The molecule has 0 spiro atoms. The van der Waals surface area contributed by atoms with Crippen LogP contribution in [-0.2, 0) is 6.54 Å². The first kappa shape index (κ1) is 12.1. The van der Waals surface area contributed by atoms with E-state index in [1.807, 2.05) is 0 Å². The monoisotopic (exact) mass is 305 g/mol. The van der Waals surface area contributed by atoms with Crippen molar-refractivity contribution < 1.29 is 13.2 Å². The van der Waals surface area contributed by atoms with Gasteiger partial charge in [-0.3, -0.25) is 0 Å². The summed E-state index contributed by atoms with van der Waals surface area (Å²) >= 11 is 3.25. The molecular formula is C10H7BrF3N3. The van der Waals surface area contributed by atoms with E-state index in [1.165, 1.54) is 0 Å². The van der Waals surface area contributed by atoms with Gasteiger partial charge in [0.25, 0.3) is 0 Å². The molecule has 0 saturated carbocycles. The van der Waals surface area contributed by atoms with Crippen molar-refractivity contribution in [2.45, 2.75) is 12.7 Å². The Morgan fingerprint density at radius 2 is 1.82 bits per heavy atom. The van der Waals surface area contributed by atoms with Gasteiger partial charge in [0.15, 0.2) is 5.82 Å². The van der Waals surface area contributed by atoms with Gasteiger partial charge in [-0.25, -0.2) is 9.67 Å². The maximum absolute atomic E-state index is 12.3. The van der Waals surface area contributed by atoms with Crippen LogP contribution in [0.25, 0.3) is 11.4 Å². The van der Waals surface area contributed by atoms with Crippen molar-refractivity contribution in [3.05, 3.63) is 35.1 Å². The lowest BCUT2D eigenvalue weighted by Gasteiger charge is -2.08. The highest BCUT2D eigenvalue weighted by Crippen LogP contribution is 2.23. The molecule has 0 fully saturated rings. The predicted octanol–water partition coefficient (Wildman–Crippen LogP) is 3.27. The molecule has 1 aromatic heterocycles. The van der Waals surface area contributed by atoms with Crippen LogP contribution in [0.1, 0.15) is 0 Å². The molecule has 7 heteroatoms. The fourth-order valence-corrected chi connectivity index (χ4v) is 1.64. The minimum Gasteiger partial charge on any atom is -0.237 e. The number of nitrogens with zero attached hydrogens (tertiary/aromatic N) is 3. The first-order chi connectivity index (χ1) is 7.96. The van der Waals surface area contributed by atoms with Crippen LogP contribution in [-0.4, -0.2) is 20.9 Å². The van der Waals surface area contributed by atoms with Crippen molar-refractivity contribution in [1.82, 2.24) is 14.8 Å². The Balaban J connectivity index is 2.33. The highest BCUT2D eigenvalue weighted by Gasteiger charge is 2.29. The zero-order valence-corrected chi connectivity index (χ0v) is 10.0. The van der Waals surface area contributed by atoms with Gasteiger partial charge in [-0.05, 0) is 12.1 Å². The van der Waals surface area contributed by atoms with Crippen molar-refractivity contribution in [1.29, 1.82) is 0 Å². The Hall–Kier alpha value is -1.37. The van der Waals surface area contributed by atoms with Crippen molar-refractivity contribution in [3.8, 4) is 11.4 Å². The summed E-state index contributed by atoms with van der Waals surface area (Å²) in [6, 6.07) is 6.84. The molecule has 3 nitrogen and oxygen atoms in total. The van der Waals surface area contributed by atoms with Crippen molar-refractivity contribution >= 4 is 15.9 Å². The van der Waals surface area contributed by atoms with Gasteiger partial charge >= 0.3 is 6.18 Å². The summed E-state index contributed by atoms with van der Waals surface area (Å²) in [4.78, 5) is 3.84. The van der Waals surface area contributed by atoms with E-state index in [1.54, 1.807) is 24.3 Å². The zero-order valence-electron chi connectivity index (χ0n) is 8.45.